The highest BCUT2D eigenvalue weighted by molar-refractivity contribution is 7.86. The standard InChI is InChI=1S/C18H20ClNO5S/c1-26(22,23)25-17-8-7-15(19)10-14(17)11-20(12-16-6-3-9-24-16)18(21)13-4-2-5-13/h3,6-10,13H,2,4-5,11-12H2,1H3. The van der Waals surface area contributed by atoms with E-state index in [1.807, 2.05) is 0 Å². The van der Waals surface area contributed by atoms with Crippen LogP contribution in [0.25, 0.3) is 0 Å². The van der Waals surface area contributed by atoms with Crippen molar-refractivity contribution in [2.45, 2.75) is 32.4 Å². The number of hydrogen-bond acceptors (Lipinski definition) is 5. The SMILES string of the molecule is CS(=O)(=O)Oc1ccc(Cl)cc1CN(Cc1ccco1)C(=O)C1CCC1. The summed E-state index contributed by atoms with van der Waals surface area (Å²) in [7, 11) is -3.69. The lowest BCUT2D eigenvalue weighted by atomic mass is 9.84. The van der Waals surface area contributed by atoms with Crippen LogP contribution in [-0.4, -0.2) is 25.5 Å². The van der Waals surface area contributed by atoms with Gasteiger partial charge in [0.15, 0.2) is 0 Å². The van der Waals surface area contributed by atoms with Crippen molar-refractivity contribution in [3.05, 3.63) is 52.9 Å². The molecule has 0 unspecified atom stereocenters. The molecule has 0 bridgehead atoms. The van der Waals surface area contributed by atoms with E-state index in [2.05, 4.69) is 0 Å². The second kappa shape index (κ2) is 7.72. The van der Waals surface area contributed by atoms with Gasteiger partial charge < -0.3 is 13.5 Å². The number of carbonyl (C=O) groups is 1. The van der Waals surface area contributed by atoms with Crippen LogP contribution in [0.5, 0.6) is 5.75 Å². The molecule has 1 aromatic carbocycles. The first kappa shape index (κ1) is 18.8. The molecule has 1 amide bonds. The molecule has 0 aliphatic heterocycles. The van der Waals surface area contributed by atoms with E-state index in [-0.39, 0.29) is 24.1 Å². The van der Waals surface area contributed by atoms with Gasteiger partial charge in [-0.1, -0.05) is 18.0 Å². The summed E-state index contributed by atoms with van der Waals surface area (Å²) in [6.07, 6.45) is 5.32. The third kappa shape index (κ3) is 4.80. The van der Waals surface area contributed by atoms with E-state index in [0.717, 1.165) is 25.5 Å². The third-order valence-electron chi connectivity index (χ3n) is 4.32. The first-order chi connectivity index (χ1) is 12.3. The molecule has 1 fully saturated rings. The van der Waals surface area contributed by atoms with Gasteiger partial charge in [0.2, 0.25) is 5.91 Å². The lowest BCUT2D eigenvalue weighted by Gasteiger charge is -2.31. The molecule has 8 heteroatoms. The minimum atomic E-state index is -3.69. The van der Waals surface area contributed by atoms with E-state index in [1.54, 1.807) is 35.4 Å². The Morgan fingerprint density at radius 3 is 2.65 bits per heavy atom. The Labute approximate surface area is 157 Å². The monoisotopic (exact) mass is 397 g/mol. The summed E-state index contributed by atoms with van der Waals surface area (Å²) in [6, 6.07) is 8.23. The van der Waals surface area contributed by atoms with Crippen LogP contribution in [0.1, 0.15) is 30.6 Å². The van der Waals surface area contributed by atoms with E-state index >= 15 is 0 Å². The van der Waals surface area contributed by atoms with E-state index in [4.69, 9.17) is 20.2 Å². The van der Waals surface area contributed by atoms with E-state index in [9.17, 15) is 13.2 Å². The summed E-state index contributed by atoms with van der Waals surface area (Å²) in [5.74, 6) is 0.856. The summed E-state index contributed by atoms with van der Waals surface area (Å²) in [5, 5.41) is 0.440. The Bertz CT molecular complexity index is 875. The summed E-state index contributed by atoms with van der Waals surface area (Å²) < 4.78 is 33.5. The maximum atomic E-state index is 12.8. The van der Waals surface area contributed by atoms with Crippen LogP contribution >= 0.6 is 11.6 Å². The highest BCUT2D eigenvalue weighted by Crippen LogP contribution is 2.31. The van der Waals surface area contributed by atoms with Gasteiger partial charge in [0.05, 0.1) is 19.1 Å². The number of hydrogen-bond donors (Lipinski definition) is 0. The van der Waals surface area contributed by atoms with E-state index < -0.39 is 10.1 Å². The first-order valence-corrected chi connectivity index (χ1v) is 10.5. The van der Waals surface area contributed by atoms with Crippen molar-refractivity contribution in [1.29, 1.82) is 0 Å². The maximum absolute atomic E-state index is 12.8. The highest BCUT2D eigenvalue weighted by Gasteiger charge is 2.30. The number of halogens is 1. The van der Waals surface area contributed by atoms with Gasteiger partial charge in [0.1, 0.15) is 11.5 Å². The van der Waals surface area contributed by atoms with Crippen molar-refractivity contribution in [2.24, 2.45) is 5.92 Å². The Morgan fingerprint density at radius 1 is 1.31 bits per heavy atom. The number of nitrogens with zero attached hydrogens (tertiary/aromatic N) is 1. The zero-order valence-corrected chi connectivity index (χ0v) is 15.9. The quantitative estimate of drug-likeness (QED) is 0.667. The second-order valence-corrected chi connectivity index (χ2v) is 8.45. The van der Waals surface area contributed by atoms with Gasteiger partial charge in [-0.05, 0) is 43.2 Å². The van der Waals surface area contributed by atoms with Crippen molar-refractivity contribution < 1.29 is 21.8 Å². The zero-order valence-electron chi connectivity index (χ0n) is 14.4. The Kier molecular flexibility index (Phi) is 5.58. The van der Waals surface area contributed by atoms with Crippen LogP contribution in [0.4, 0.5) is 0 Å². The fraction of sp³-hybridized carbons (Fsp3) is 0.389. The number of furan rings is 1. The minimum absolute atomic E-state index is 0.00317. The number of rotatable bonds is 7. The molecule has 0 radical (unpaired) electrons. The number of benzene rings is 1. The summed E-state index contributed by atoms with van der Waals surface area (Å²) in [5.41, 5.74) is 0.530. The van der Waals surface area contributed by atoms with Crippen molar-refractivity contribution in [3.63, 3.8) is 0 Å². The summed E-state index contributed by atoms with van der Waals surface area (Å²) in [4.78, 5) is 14.5. The molecule has 1 heterocycles. The lowest BCUT2D eigenvalue weighted by molar-refractivity contribution is -0.139. The smallest absolute Gasteiger partial charge is 0.306 e. The van der Waals surface area contributed by atoms with Crippen LogP contribution in [0.3, 0.4) is 0 Å². The topological polar surface area (TPSA) is 76.8 Å². The fourth-order valence-electron chi connectivity index (χ4n) is 2.84. The second-order valence-electron chi connectivity index (χ2n) is 6.44. The largest absolute Gasteiger partial charge is 0.467 e. The Hall–Kier alpha value is -1.99. The Morgan fingerprint density at radius 2 is 2.08 bits per heavy atom. The number of carbonyl (C=O) groups excluding carboxylic acids is 1. The van der Waals surface area contributed by atoms with E-state index in [1.165, 1.54) is 6.07 Å². The van der Waals surface area contributed by atoms with Crippen molar-refractivity contribution >= 4 is 27.6 Å². The van der Waals surface area contributed by atoms with Gasteiger partial charge in [0.25, 0.3) is 0 Å². The van der Waals surface area contributed by atoms with Gasteiger partial charge in [-0.3, -0.25) is 4.79 Å². The molecule has 0 atom stereocenters. The molecule has 1 aromatic heterocycles. The van der Waals surface area contributed by atoms with Gasteiger partial charge in [-0.15, -0.1) is 0 Å². The molecule has 3 rings (SSSR count). The average Bonchev–Trinajstić information content (AvgIpc) is 2.99. The normalized spacial score (nSPS) is 14.7. The fourth-order valence-corrected chi connectivity index (χ4v) is 3.52. The summed E-state index contributed by atoms with van der Waals surface area (Å²) in [6.45, 7) is 0.481. The average molecular weight is 398 g/mol. The molecule has 1 saturated carbocycles. The van der Waals surface area contributed by atoms with Crippen LogP contribution in [-0.2, 0) is 28.0 Å². The molecule has 0 N–H and O–H groups in total. The van der Waals surface area contributed by atoms with Crippen LogP contribution < -0.4 is 4.18 Å². The molecular weight excluding hydrogens is 378 g/mol. The molecule has 26 heavy (non-hydrogen) atoms. The summed E-state index contributed by atoms with van der Waals surface area (Å²) >= 11 is 6.07. The first-order valence-electron chi connectivity index (χ1n) is 8.31. The van der Waals surface area contributed by atoms with Gasteiger partial charge >= 0.3 is 10.1 Å². The maximum Gasteiger partial charge on any atom is 0.306 e. The van der Waals surface area contributed by atoms with Crippen molar-refractivity contribution in [1.82, 2.24) is 4.90 Å². The molecule has 1 aliphatic rings. The molecule has 0 saturated heterocycles. The predicted octanol–water partition coefficient (Wildman–Crippen LogP) is 3.60. The molecule has 0 spiro atoms. The van der Waals surface area contributed by atoms with E-state index in [0.29, 0.717) is 22.9 Å². The van der Waals surface area contributed by atoms with Gasteiger partial charge in [-0.2, -0.15) is 8.42 Å². The highest BCUT2D eigenvalue weighted by atomic mass is 35.5. The van der Waals surface area contributed by atoms with Crippen LogP contribution in [0, 0.1) is 5.92 Å². The van der Waals surface area contributed by atoms with Crippen LogP contribution in [0.2, 0.25) is 5.02 Å². The molecule has 1 aliphatic carbocycles. The minimum Gasteiger partial charge on any atom is -0.467 e. The molecular formula is C18H20ClNO5S. The predicted molar refractivity (Wildman–Crippen MR) is 97.2 cm³/mol. The zero-order chi connectivity index (χ0) is 18.7. The Balaban J connectivity index is 1.87. The molecule has 6 nitrogen and oxygen atoms in total. The van der Waals surface area contributed by atoms with Gasteiger partial charge in [-0.25, -0.2) is 0 Å². The van der Waals surface area contributed by atoms with Crippen LogP contribution in [0.15, 0.2) is 41.0 Å². The van der Waals surface area contributed by atoms with Crippen molar-refractivity contribution in [3.8, 4) is 5.75 Å². The van der Waals surface area contributed by atoms with Gasteiger partial charge in [0, 0.05) is 23.0 Å². The molecule has 140 valence electrons. The lowest BCUT2D eigenvalue weighted by Crippen LogP contribution is -2.38. The third-order valence-corrected chi connectivity index (χ3v) is 5.04. The number of amides is 1. The van der Waals surface area contributed by atoms with Crippen molar-refractivity contribution in [2.75, 3.05) is 6.26 Å². The molecule has 2 aromatic rings.